The van der Waals surface area contributed by atoms with Crippen LogP contribution in [-0.2, 0) is 0 Å². The minimum Gasteiger partial charge on any atom is -0.313 e. The fraction of sp³-hybridized carbons (Fsp3) is 1.00. The Labute approximate surface area is 68.3 Å². The summed E-state index contributed by atoms with van der Waals surface area (Å²) in [7, 11) is 1.80. The van der Waals surface area contributed by atoms with Crippen molar-refractivity contribution in [3.63, 3.8) is 0 Å². The Hall–Kier alpha value is 0.580. The summed E-state index contributed by atoms with van der Waals surface area (Å²) in [6, 6.07) is 0.0434. The molecule has 2 atom stereocenters. The van der Waals surface area contributed by atoms with E-state index in [1.807, 2.05) is 3.11 Å². The maximum absolute atomic E-state index is 12.7. The molecule has 4 heteroatoms. The van der Waals surface area contributed by atoms with Gasteiger partial charge in [-0.05, 0) is 7.05 Å². The van der Waals surface area contributed by atoms with Gasteiger partial charge in [0.05, 0.1) is 6.04 Å². The highest BCUT2D eigenvalue weighted by Gasteiger charge is 2.29. The maximum Gasteiger partial charge on any atom is 0.130 e. The third-order valence-electron chi connectivity index (χ3n) is 1.57. The quantitative estimate of drug-likeness (QED) is 0.536. The van der Waals surface area contributed by atoms with Gasteiger partial charge in [-0.1, -0.05) is 0 Å². The van der Waals surface area contributed by atoms with Crippen LogP contribution in [0.3, 0.4) is 0 Å². The summed E-state index contributed by atoms with van der Waals surface area (Å²) in [6.07, 6.45) is -0.688. The molecule has 0 saturated carbocycles. The molecule has 0 aromatic rings. The Morgan fingerprint density at radius 2 is 2.33 bits per heavy atom. The van der Waals surface area contributed by atoms with E-state index >= 15 is 0 Å². The van der Waals surface area contributed by atoms with Crippen LogP contribution in [0.5, 0.6) is 0 Å². The Kier molecular flexibility index (Phi) is 2.66. The van der Waals surface area contributed by atoms with Crippen LogP contribution < -0.4 is 5.32 Å². The van der Waals surface area contributed by atoms with E-state index in [2.05, 4.69) is 28.2 Å². The van der Waals surface area contributed by atoms with E-state index in [0.717, 1.165) is 6.54 Å². The van der Waals surface area contributed by atoms with Crippen LogP contribution in [0.1, 0.15) is 0 Å². The fourth-order valence-electron chi connectivity index (χ4n) is 0.991. The second-order valence-electron chi connectivity index (χ2n) is 2.24. The molecule has 1 heterocycles. The van der Waals surface area contributed by atoms with E-state index in [9.17, 15) is 4.39 Å². The number of alkyl halides is 1. The predicted molar refractivity (Wildman–Crippen MR) is 43.3 cm³/mol. The minimum absolute atomic E-state index is 0.0434. The summed E-state index contributed by atoms with van der Waals surface area (Å²) in [6.45, 7) is 1.38. The lowest BCUT2D eigenvalue weighted by atomic mass is 10.2. The third kappa shape index (κ3) is 1.75. The van der Waals surface area contributed by atoms with Crippen molar-refractivity contribution in [2.75, 3.05) is 20.1 Å². The van der Waals surface area contributed by atoms with Crippen molar-refractivity contribution in [1.82, 2.24) is 8.43 Å². The number of rotatable bonds is 1. The molecule has 0 radical (unpaired) electrons. The van der Waals surface area contributed by atoms with Crippen molar-refractivity contribution in [3.8, 4) is 0 Å². The summed E-state index contributed by atoms with van der Waals surface area (Å²) >= 11 is 2.14. The van der Waals surface area contributed by atoms with Gasteiger partial charge >= 0.3 is 0 Å². The van der Waals surface area contributed by atoms with Crippen molar-refractivity contribution in [2.24, 2.45) is 0 Å². The van der Waals surface area contributed by atoms with Crippen LogP contribution >= 0.6 is 22.9 Å². The second-order valence-corrected chi connectivity index (χ2v) is 3.60. The zero-order valence-corrected chi connectivity index (χ0v) is 7.43. The topological polar surface area (TPSA) is 15.3 Å². The first-order valence-electron chi connectivity index (χ1n) is 2.96. The van der Waals surface area contributed by atoms with Crippen molar-refractivity contribution in [1.29, 1.82) is 0 Å². The number of hydrogen-bond acceptors (Lipinski definition) is 2. The molecule has 0 spiro atoms. The van der Waals surface area contributed by atoms with Crippen molar-refractivity contribution in [3.05, 3.63) is 0 Å². The molecule has 2 nitrogen and oxygen atoms in total. The number of halogens is 2. The van der Waals surface area contributed by atoms with Gasteiger partial charge in [-0.25, -0.2) is 7.50 Å². The molecule has 0 unspecified atom stereocenters. The molecule has 0 aromatic carbocycles. The van der Waals surface area contributed by atoms with E-state index in [1.54, 1.807) is 7.05 Å². The summed E-state index contributed by atoms with van der Waals surface area (Å²) in [5.41, 5.74) is 0. The van der Waals surface area contributed by atoms with Gasteiger partial charge in [0.15, 0.2) is 0 Å². The summed E-state index contributed by atoms with van der Waals surface area (Å²) in [5, 5.41) is 2.92. The lowest BCUT2D eigenvalue weighted by molar-refractivity contribution is 0.306. The average Bonchev–Trinajstić information content (AvgIpc) is 2.10. The molecule has 0 amide bonds. The van der Waals surface area contributed by atoms with Crippen molar-refractivity contribution in [2.45, 2.75) is 12.2 Å². The van der Waals surface area contributed by atoms with E-state index < -0.39 is 6.17 Å². The van der Waals surface area contributed by atoms with Crippen LogP contribution in [-0.4, -0.2) is 35.5 Å². The van der Waals surface area contributed by atoms with Gasteiger partial charge in [0.25, 0.3) is 0 Å². The molecule has 0 aromatic heterocycles. The van der Waals surface area contributed by atoms with Gasteiger partial charge in [0.1, 0.15) is 6.17 Å². The largest absolute Gasteiger partial charge is 0.313 e. The van der Waals surface area contributed by atoms with Gasteiger partial charge in [-0.2, -0.15) is 0 Å². The van der Waals surface area contributed by atoms with E-state index in [4.69, 9.17) is 0 Å². The molecule has 1 rings (SSSR count). The Morgan fingerprint density at radius 1 is 1.67 bits per heavy atom. The van der Waals surface area contributed by atoms with Crippen molar-refractivity contribution < 1.29 is 4.39 Å². The molecule has 1 aliphatic heterocycles. The highest BCUT2D eigenvalue weighted by atomic mass is 127. The Morgan fingerprint density at radius 3 is 2.56 bits per heavy atom. The third-order valence-corrected chi connectivity index (χ3v) is 2.36. The van der Waals surface area contributed by atoms with Gasteiger partial charge < -0.3 is 5.32 Å². The van der Waals surface area contributed by atoms with Gasteiger partial charge in [-0.3, -0.25) is 0 Å². The summed E-state index contributed by atoms with van der Waals surface area (Å²) in [5.74, 6) is 0. The molecule has 1 saturated heterocycles. The van der Waals surface area contributed by atoms with E-state index in [-0.39, 0.29) is 6.04 Å². The van der Waals surface area contributed by atoms with Crippen LogP contribution in [0, 0.1) is 0 Å². The number of nitrogens with one attached hydrogen (secondary N) is 1. The highest BCUT2D eigenvalue weighted by Crippen LogP contribution is 2.16. The fourth-order valence-corrected chi connectivity index (χ4v) is 1.79. The van der Waals surface area contributed by atoms with Crippen LogP contribution in [0.4, 0.5) is 4.39 Å². The summed E-state index contributed by atoms with van der Waals surface area (Å²) in [4.78, 5) is 0. The molecular formula is C5H10FIN2. The monoisotopic (exact) mass is 244 g/mol. The standard InChI is InChI=1S/C5H10FIN2/c1-8-5-3-9(7)2-4(5)6/h4-5,8H,2-3H2,1H3/t4-,5+/m1/s1. The molecule has 1 fully saturated rings. The molecule has 1 N–H and O–H groups in total. The van der Waals surface area contributed by atoms with Gasteiger partial charge in [0, 0.05) is 36.0 Å². The second kappa shape index (κ2) is 3.12. The lowest BCUT2D eigenvalue weighted by Gasteiger charge is -2.07. The molecule has 1 aliphatic rings. The Bertz CT molecular complexity index is 101. The Balaban J connectivity index is 2.38. The van der Waals surface area contributed by atoms with E-state index in [0.29, 0.717) is 6.54 Å². The SMILES string of the molecule is CN[C@H]1CN(I)C[C@H]1F. The number of hydrogen-bond donors (Lipinski definition) is 1. The van der Waals surface area contributed by atoms with Gasteiger partial charge in [-0.15, -0.1) is 0 Å². The maximum atomic E-state index is 12.7. The average molecular weight is 244 g/mol. The molecule has 0 bridgehead atoms. The zero-order chi connectivity index (χ0) is 6.85. The normalized spacial score (nSPS) is 37.7. The molecular weight excluding hydrogens is 234 g/mol. The molecule has 54 valence electrons. The van der Waals surface area contributed by atoms with Crippen LogP contribution in [0.2, 0.25) is 0 Å². The van der Waals surface area contributed by atoms with E-state index in [1.165, 1.54) is 0 Å². The smallest absolute Gasteiger partial charge is 0.130 e. The van der Waals surface area contributed by atoms with Crippen molar-refractivity contribution >= 4 is 22.9 Å². The predicted octanol–water partition coefficient (Wildman–Crippen LogP) is 0.578. The minimum atomic E-state index is -0.688. The molecule has 0 aliphatic carbocycles. The number of likely N-dealkylation sites (N-methyl/N-ethyl adjacent to an activating group) is 1. The highest BCUT2D eigenvalue weighted by molar-refractivity contribution is 14.1. The first kappa shape index (κ1) is 7.68. The lowest BCUT2D eigenvalue weighted by Crippen LogP contribution is -2.33. The molecule has 9 heavy (non-hydrogen) atoms. The van der Waals surface area contributed by atoms with Crippen LogP contribution in [0.15, 0.2) is 0 Å². The van der Waals surface area contributed by atoms with Gasteiger partial charge in [0.2, 0.25) is 0 Å². The van der Waals surface area contributed by atoms with Crippen LogP contribution in [0.25, 0.3) is 0 Å². The first-order valence-corrected chi connectivity index (χ1v) is 3.92. The number of nitrogens with zero attached hydrogens (tertiary/aromatic N) is 1. The summed E-state index contributed by atoms with van der Waals surface area (Å²) < 4.78 is 14.7. The first-order chi connectivity index (χ1) is 4.24. The zero-order valence-electron chi connectivity index (χ0n) is 5.27.